The third-order valence-corrected chi connectivity index (χ3v) is 5.57. The van der Waals surface area contributed by atoms with Gasteiger partial charge in [-0.1, -0.05) is 13.3 Å². The molecule has 0 amide bonds. The van der Waals surface area contributed by atoms with E-state index in [1.807, 2.05) is 0 Å². The Balaban J connectivity index is 1.93. The Morgan fingerprint density at radius 3 is 2.06 bits per heavy atom. The molecule has 0 aromatic heterocycles. The van der Waals surface area contributed by atoms with Crippen molar-refractivity contribution in [3.05, 3.63) is 11.3 Å². The molecule has 4 rings (SSSR count). The summed E-state index contributed by atoms with van der Waals surface area (Å²) in [5.74, 6) is 2.70. The Bertz CT molecular complexity index is 378. The van der Waals surface area contributed by atoms with E-state index in [0.29, 0.717) is 0 Å². The zero-order valence-corrected chi connectivity index (χ0v) is 11.4. The lowest BCUT2D eigenvalue weighted by Gasteiger charge is -2.57. The zero-order chi connectivity index (χ0) is 12.8. The van der Waals surface area contributed by atoms with Gasteiger partial charge in [-0.3, -0.25) is 0 Å². The average molecular weight is 244 g/mol. The first-order valence-corrected chi connectivity index (χ1v) is 7.56. The number of nitriles is 1. The third kappa shape index (κ3) is 1.76. The van der Waals surface area contributed by atoms with Crippen molar-refractivity contribution in [3.8, 4) is 6.07 Å². The maximum absolute atomic E-state index is 9.34. The molecule has 98 valence electrons. The van der Waals surface area contributed by atoms with E-state index in [-0.39, 0.29) is 5.41 Å². The molecule has 18 heavy (non-hydrogen) atoms. The van der Waals surface area contributed by atoms with Crippen molar-refractivity contribution in [1.82, 2.24) is 0 Å². The first-order chi connectivity index (χ1) is 8.66. The van der Waals surface area contributed by atoms with E-state index in [2.05, 4.69) is 13.0 Å². The Morgan fingerprint density at radius 2 is 1.67 bits per heavy atom. The smallest absolute Gasteiger partial charge is 0.0965 e. The van der Waals surface area contributed by atoms with Crippen LogP contribution in [-0.4, -0.2) is 0 Å². The summed E-state index contributed by atoms with van der Waals surface area (Å²) >= 11 is 0. The van der Waals surface area contributed by atoms with E-state index in [1.54, 1.807) is 0 Å². The number of hydrogen-bond donors (Lipinski definition) is 1. The molecule has 0 aromatic rings. The molecule has 0 aliphatic heterocycles. The van der Waals surface area contributed by atoms with Gasteiger partial charge in [0.15, 0.2) is 0 Å². The molecule has 2 heteroatoms. The van der Waals surface area contributed by atoms with Gasteiger partial charge in [-0.2, -0.15) is 5.26 Å². The highest BCUT2D eigenvalue weighted by Gasteiger charge is 2.52. The summed E-state index contributed by atoms with van der Waals surface area (Å²) in [4.78, 5) is 0. The van der Waals surface area contributed by atoms with Crippen LogP contribution in [0.3, 0.4) is 0 Å². The molecule has 4 saturated carbocycles. The van der Waals surface area contributed by atoms with Crippen LogP contribution < -0.4 is 5.73 Å². The SMILES string of the molecule is CCCC(C#N)=C(N)C12CC3CC(CC(C3)C1)C2. The minimum atomic E-state index is 0.217. The van der Waals surface area contributed by atoms with Crippen LogP contribution in [0.25, 0.3) is 0 Å². The van der Waals surface area contributed by atoms with E-state index >= 15 is 0 Å². The molecule has 0 saturated heterocycles. The van der Waals surface area contributed by atoms with Gasteiger partial charge in [0.25, 0.3) is 0 Å². The summed E-state index contributed by atoms with van der Waals surface area (Å²) in [7, 11) is 0. The molecule has 0 unspecified atom stereocenters. The van der Waals surface area contributed by atoms with E-state index in [0.717, 1.165) is 41.9 Å². The van der Waals surface area contributed by atoms with Gasteiger partial charge in [0.05, 0.1) is 6.07 Å². The number of allylic oxidation sites excluding steroid dienone is 2. The highest BCUT2D eigenvalue weighted by molar-refractivity contribution is 5.32. The van der Waals surface area contributed by atoms with Crippen molar-refractivity contribution < 1.29 is 0 Å². The van der Waals surface area contributed by atoms with Crippen molar-refractivity contribution in [1.29, 1.82) is 5.26 Å². The van der Waals surface area contributed by atoms with Crippen molar-refractivity contribution in [3.63, 3.8) is 0 Å². The van der Waals surface area contributed by atoms with Crippen LogP contribution in [0.2, 0.25) is 0 Å². The fourth-order valence-electron chi connectivity index (χ4n) is 5.26. The molecule has 4 bridgehead atoms. The zero-order valence-electron chi connectivity index (χ0n) is 11.4. The number of nitrogens with zero attached hydrogens (tertiary/aromatic N) is 1. The maximum atomic E-state index is 9.34. The first kappa shape index (κ1) is 12.1. The fraction of sp³-hybridized carbons (Fsp3) is 0.812. The van der Waals surface area contributed by atoms with E-state index in [9.17, 15) is 5.26 Å². The molecule has 0 radical (unpaired) electrons. The van der Waals surface area contributed by atoms with Crippen molar-refractivity contribution in [2.24, 2.45) is 28.9 Å². The molecular weight excluding hydrogens is 220 g/mol. The van der Waals surface area contributed by atoms with Gasteiger partial charge in [-0.05, 0) is 62.7 Å². The fourth-order valence-corrected chi connectivity index (χ4v) is 5.26. The molecular formula is C16H24N2. The number of nitrogens with two attached hydrogens (primary N) is 1. The Hall–Kier alpha value is -0.970. The second kappa shape index (κ2) is 4.30. The Labute approximate surface area is 110 Å². The second-order valence-electron chi connectivity index (χ2n) is 6.95. The predicted molar refractivity (Wildman–Crippen MR) is 72.3 cm³/mol. The van der Waals surface area contributed by atoms with Crippen molar-refractivity contribution >= 4 is 0 Å². The average Bonchev–Trinajstić information content (AvgIpc) is 2.33. The predicted octanol–water partition coefficient (Wildman–Crippen LogP) is 3.74. The lowest BCUT2D eigenvalue weighted by Crippen LogP contribution is -2.48. The summed E-state index contributed by atoms with van der Waals surface area (Å²) in [5, 5.41) is 9.34. The molecule has 0 heterocycles. The molecule has 0 aromatic carbocycles. The third-order valence-electron chi connectivity index (χ3n) is 5.57. The minimum Gasteiger partial charge on any atom is -0.401 e. The lowest BCUT2D eigenvalue weighted by atomic mass is 9.48. The van der Waals surface area contributed by atoms with E-state index in [1.165, 1.54) is 38.5 Å². The van der Waals surface area contributed by atoms with Gasteiger partial charge in [0.1, 0.15) is 0 Å². The van der Waals surface area contributed by atoms with Gasteiger partial charge in [0, 0.05) is 16.7 Å². The monoisotopic (exact) mass is 244 g/mol. The van der Waals surface area contributed by atoms with Crippen molar-refractivity contribution in [2.45, 2.75) is 58.3 Å². The topological polar surface area (TPSA) is 49.8 Å². The summed E-state index contributed by atoms with van der Waals surface area (Å²) in [6, 6.07) is 2.38. The Morgan fingerprint density at radius 1 is 1.17 bits per heavy atom. The molecule has 0 atom stereocenters. The van der Waals surface area contributed by atoms with Gasteiger partial charge in [-0.15, -0.1) is 0 Å². The summed E-state index contributed by atoms with van der Waals surface area (Å²) < 4.78 is 0. The summed E-state index contributed by atoms with van der Waals surface area (Å²) in [5.41, 5.74) is 8.55. The van der Waals surface area contributed by atoms with Gasteiger partial charge >= 0.3 is 0 Å². The molecule has 4 aliphatic rings. The second-order valence-corrected chi connectivity index (χ2v) is 6.95. The molecule has 4 fully saturated rings. The highest BCUT2D eigenvalue weighted by atomic mass is 14.7. The first-order valence-electron chi connectivity index (χ1n) is 7.56. The molecule has 4 aliphatic carbocycles. The van der Waals surface area contributed by atoms with E-state index < -0.39 is 0 Å². The number of hydrogen-bond acceptors (Lipinski definition) is 2. The molecule has 2 N–H and O–H groups in total. The van der Waals surface area contributed by atoms with Crippen LogP contribution in [0.1, 0.15) is 58.3 Å². The van der Waals surface area contributed by atoms with Gasteiger partial charge in [-0.25, -0.2) is 0 Å². The summed E-state index contributed by atoms with van der Waals surface area (Å²) in [6.07, 6.45) is 9.98. The molecule has 0 spiro atoms. The van der Waals surface area contributed by atoms with Crippen LogP contribution in [0.4, 0.5) is 0 Å². The number of rotatable bonds is 3. The standard InChI is InChI=1S/C16H24N2/c1-2-3-14(10-17)15(18)16-7-11-4-12(8-16)6-13(5-11)9-16/h11-13H,2-9,18H2,1H3. The van der Waals surface area contributed by atoms with Crippen LogP contribution in [-0.2, 0) is 0 Å². The van der Waals surface area contributed by atoms with Crippen LogP contribution in [0, 0.1) is 34.5 Å². The van der Waals surface area contributed by atoms with Crippen molar-refractivity contribution in [2.75, 3.05) is 0 Å². The highest BCUT2D eigenvalue weighted by Crippen LogP contribution is 2.62. The lowest BCUT2D eigenvalue weighted by molar-refractivity contribution is -0.0317. The minimum absolute atomic E-state index is 0.217. The van der Waals surface area contributed by atoms with E-state index in [4.69, 9.17) is 5.73 Å². The Kier molecular flexibility index (Phi) is 2.88. The van der Waals surface area contributed by atoms with Crippen LogP contribution >= 0.6 is 0 Å². The quantitative estimate of drug-likeness (QED) is 0.769. The normalized spacial score (nSPS) is 42.6. The van der Waals surface area contributed by atoms with Gasteiger partial charge in [0.2, 0.25) is 0 Å². The maximum Gasteiger partial charge on any atom is 0.0965 e. The largest absolute Gasteiger partial charge is 0.401 e. The van der Waals surface area contributed by atoms with Crippen LogP contribution in [0.5, 0.6) is 0 Å². The van der Waals surface area contributed by atoms with Gasteiger partial charge < -0.3 is 5.73 Å². The van der Waals surface area contributed by atoms with Crippen LogP contribution in [0.15, 0.2) is 11.3 Å². The molecule has 2 nitrogen and oxygen atoms in total. The summed E-state index contributed by atoms with van der Waals surface area (Å²) in [6.45, 7) is 2.13.